The Morgan fingerprint density at radius 1 is 0.306 bits per heavy atom. The van der Waals surface area contributed by atoms with Crippen molar-refractivity contribution in [3.8, 4) is 27.9 Å². The van der Waals surface area contributed by atoms with Gasteiger partial charge in [-0.25, -0.2) is 0 Å². The molecule has 0 aliphatic heterocycles. The van der Waals surface area contributed by atoms with E-state index in [9.17, 15) is 0 Å². The van der Waals surface area contributed by atoms with Gasteiger partial charge in [-0.2, -0.15) is 0 Å². The fraction of sp³-hybridized carbons (Fsp3) is 0. The summed E-state index contributed by atoms with van der Waals surface area (Å²) < 4.78 is 7.58. The minimum absolute atomic E-state index is 1.14. The third kappa shape index (κ3) is 5.47. The Morgan fingerprint density at radius 2 is 0.871 bits per heavy atom. The SMILES string of the molecule is c1ccc(-c2ccc(-n3c4ccccc4c4ccc(-c5cc(N(c6cccc7ccccc67)c6cccc7c6sc6ccccc67)c6sc7ccccc7c6c5)cc43)cc2)cc1. The van der Waals surface area contributed by atoms with Crippen molar-refractivity contribution in [1.29, 1.82) is 0 Å². The van der Waals surface area contributed by atoms with Crippen LogP contribution in [0.1, 0.15) is 0 Å². The Hall–Kier alpha value is -7.50. The molecule has 0 saturated heterocycles. The Kier molecular flexibility index (Phi) is 7.99. The molecule has 0 spiro atoms. The highest BCUT2D eigenvalue weighted by atomic mass is 32.1. The summed E-state index contributed by atoms with van der Waals surface area (Å²) in [4.78, 5) is 2.56. The van der Waals surface area contributed by atoms with Crippen LogP contribution in [0.3, 0.4) is 0 Å². The van der Waals surface area contributed by atoms with Gasteiger partial charge in [-0.1, -0.05) is 158 Å². The van der Waals surface area contributed by atoms with E-state index in [1.165, 1.54) is 112 Å². The maximum atomic E-state index is 2.56. The summed E-state index contributed by atoms with van der Waals surface area (Å²) in [6.45, 7) is 0. The van der Waals surface area contributed by atoms with Crippen molar-refractivity contribution in [2.45, 2.75) is 0 Å². The van der Waals surface area contributed by atoms with Crippen molar-refractivity contribution in [3.63, 3.8) is 0 Å². The Labute approximate surface area is 366 Å². The van der Waals surface area contributed by atoms with Crippen LogP contribution in [-0.4, -0.2) is 4.57 Å². The molecule has 0 bridgehead atoms. The lowest BCUT2D eigenvalue weighted by Gasteiger charge is -2.28. The Bertz CT molecular complexity index is 3870. The van der Waals surface area contributed by atoms with Crippen LogP contribution in [0.5, 0.6) is 0 Å². The van der Waals surface area contributed by atoms with Crippen molar-refractivity contribution in [2.24, 2.45) is 0 Å². The molecule has 0 aliphatic rings. The molecule has 0 aliphatic carbocycles. The first-order chi connectivity index (χ1) is 30.7. The third-order valence-corrected chi connectivity index (χ3v) is 15.0. The molecular formula is C58H36N2S2. The molecule has 13 aromatic rings. The number of fused-ring (bicyclic) bond motifs is 10. The van der Waals surface area contributed by atoms with Crippen LogP contribution in [-0.2, 0) is 0 Å². The first-order valence-electron chi connectivity index (χ1n) is 21.1. The average Bonchev–Trinajstić information content (AvgIpc) is 4.02. The Balaban J connectivity index is 1.09. The molecule has 0 amide bonds. The normalized spacial score (nSPS) is 11.9. The number of para-hydroxylation sites is 1. The minimum atomic E-state index is 1.14. The fourth-order valence-electron chi connectivity index (χ4n) is 9.70. The van der Waals surface area contributed by atoms with E-state index in [0.29, 0.717) is 0 Å². The molecule has 13 rings (SSSR count). The zero-order valence-electron chi connectivity index (χ0n) is 33.5. The number of thiophene rings is 2. The van der Waals surface area contributed by atoms with Gasteiger partial charge in [0, 0.05) is 52.8 Å². The highest BCUT2D eigenvalue weighted by molar-refractivity contribution is 7.27. The zero-order chi connectivity index (χ0) is 40.7. The largest absolute Gasteiger partial charge is 0.309 e. The third-order valence-electron chi connectivity index (χ3n) is 12.6. The molecule has 290 valence electrons. The summed E-state index contributed by atoms with van der Waals surface area (Å²) in [6, 6.07) is 80.5. The standard InChI is InChI=1S/C58H36N2S2/c1-2-14-37(15-3-1)38-28-31-42(32-29-38)59-51-23-9-6-19-44(51)45-33-30-40(35-53(45)59)41-34-49-47-21-8-11-27-56(47)62-58(49)54(36-41)60(50-24-12-17-39-16-4-5-18-43(39)50)52-25-13-22-48-46-20-7-10-26-55(46)61-57(48)52/h1-36H. The molecule has 0 radical (unpaired) electrons. The second kappa shape index (κ2) is 14.0. The molecule has 0 N–H and O–H groups in total. The molecule has 2 nitrogen and oxygen atoms in total. The van der Waals surface area contributed by atoms with E-state index in [0.717, 1.165) is 5.69 Å². The number of rotatable bonds is 6. The van der Waals surface area contributed by atoms with Gasteiger partial charge in [-0.05, 0) is 88.3 Å². The van der Waals surface area contributed by atoms with Crippen LogP contribution in [0.25, 0.3) is 101 Å². The maximum absolute atomic E-state index is 2.56. The lowest BCUT2D eigenvalue weighted by atomic mass is 9.98. The van der Waals surface area contributed by atoms with Gasteiger partial charge in [0.15, 0.2) is 0 Å². The van der Waals surface area contributed by atoms with Gasteiger partial charge < -0.3 is 9.47 Å². The highest BCUT2D eigenvalue weighted by Gasteiger charge is 2.24. The number of benzene rings is 10. The summed E-state index contributed by atoms with van der Waals surface area (Å²) in [6.07, 6.45) is 0. The van der Waals surface area contributed by atoms with Crippen molar-refractivity contribution in [3.05, 3.63) is 218 Å². The van der Waals surface area contributed by atoms with E-state index in [1.807, 2.05) is 22.7 Å². The molecule has 0 atom stereocenters. The van der Waals surface area contributed by atoms with E-state index in [-0.39, 0.29) is 0 Å². The summed E-state index contributed by atoms with van der Waals surface area (Å²) in [5.41, 5.74) is 11.9. The molecule has 4 heteroatoms. The summed E-state index contributed by atoms with van der Waals surface area (Å²) in [7, 11) is 0. The summed E-state index contributed by atoms with van der Waals surface area (Å²) in [5, 5.41) is 10.1. The first kappa shape index (κ1) is 35.3. The van der Waals surface area contributed by atoms with Crippen molar-refractivity contribution in [1.82, 2.24) is 4.57 Å². The van der Waals surface area contributed by atoms with Crippen molar-refractivity contribution in [2.75, 3.05) is 4.90 Å². The predicted molar refractivity (Wildman–Crippen MR) is 270 cm³/mol. The van der Waals surface area contributed by atoms with E-state index in [2.05, 4.69) is 228 Å². The van der Waals surface area contributed by atoms with Gasteiger partial charge in [0.05, 0.1) is 37.5 Å². The zero-order valence-corrected chi connectivity index (χ0v) is 35.1. The minimum Gasteiger partial charge on any atom is -0.309 e. The van der Waals surface area contributed by atoms with Gasteiger partial charge >= 0.3 is 0 Å². The van der Waals surface area contributed by atoms with Crippen LogP contribution >= 0.6 is 22.7 Å². The quantitative estimate of drug-likeness (QED) is 0.162. The van der Waals surface area contributed by atoms with Crippen molar-refractivity contribution >= 4 is 113 Å². The molecule has 3 heterocycles. The summed E-state index contributed by atoms with van der Waals surface area (Å²) >= 11 is 3.77. The van der Waals surface area contributed by atoms with Gasteiger partial charge in [-0.3, -0.25) is 0 Å². The average molecular weight is 825 g/mol. The predicted octanol–water partition coefficient (Wildman–Crippen LogP) is 17.5. The second-order valence-corrected chi connectivity index (χ2v) is 18.2. The van der Waals surface area contributed by atoms with Gasteiger partial charge in [0.2, 0.25) is 0 Å². The van der Waals surface area contributed by atoms with Crippen LogP contribution < -0.4 is 4.90 Å². The molecular weight excluding hydrogens is 789 g/mol. The van der Waals surface area contributed by atoms with E-state index < -0.39 is 0 Å². The molecule has 10 aromatic carbocycles. The molecule has 0 saturated carbocycles. The molecule has 62 heavy (non-hydrogen) atoms. The van der Waals surface area contributed by atoms with Gasteiger partial charge in [0.25, 0.3) is 0 Å². The molecule has 3 aromatic heterocycles. The lowest BCUT2D eigenvalue weighted by molar-refractivity contribution is 1.18. The number of hydrogen-bond donors (Lipinski definition) is 0. The Morgan fingerprint density at radius 3 is 1.68 bits per heavy atom. The fourth-order valence-corrected chi connectivity index (χ4v) is 12.1. The van der Waals surface area contributed by atoms with Crippen LogP contribution in [0, 0.1) is 0 Å². The molecule has 0 unspecified atom stereocenters. The highest BCUT2D eigenvalue weighted by Crippen LogP contribution is 2.51. The topological polar surface area (TPSA) is 8.17 Å². The monoisotopic (exact) mass is 824 g/mol. The van der Waals surface area contributed by atoms with Crippen LogP contribution in [0.15, 0.2) is 218 Å². The second-order valence-electron chi connectivity index (χ2n) is 16.1. The van der Waals surface area contributed by atoms with Gasteiger partial charge in [0.1, 0.15) is 0 Å². The van der Waals surface area contributed by atoms with E-state index in [1.54, 1.807) is 0 Å². The van der Waals surface area contributed by atoms with Gasteiger partial charge in [-0.15, -0.1) is 22.7 Å². The number of nitrogens with zero attached hydrogens (tertiary/aromatic N) is 2. The number of hydrogen-bond acceptors (Lipinski definition) is 3. The lowest BCUT2D eigenvalue weighted by Crippen LogP contribution is -2.11. The maximum Gasteiger partial charge on any atom is 0.0647 e. The number of anilines is 3. The van der Waals surface area contributed by atoms with Crippen molar-refractivity contribution < 1.29 is 0 Å². The first-order valence-corrected chi connectivity index (χ1v) is 22.7. The van der Waals surface area contributed by atoms with E-state index >= 15 is 0 Å². The molecule has 0 fully saturated rings. The van der Waals surface area contributed by atoms with Crippen LogP contribution in [0.2, 0.25) is 0 Å². The number of aromatic nitrogens is 1. The van der Waals surface area contributed by atoms with Crippen LogP contribution in [0.4, 0.5) is 17.1 Å². The smallest absolute Gasteiger partial charge is 0.0647 e. The van der Waals surface area contributed by atoms with E-state index in [4.69, 9.17) is 0 Å². The summed E-state index contributed by atoms with van der Waals surface area (Å²) in [5.74, 6) is 0.